The fraction of sp³-hybridized carbons (Fsp3) is 0.647. The lowest BCUT2D eigenvalue weighted by atomic mass is 9.84. The average Bonchev–Trinajstić information content (AvgIpc) is 2.38. The molecule has 106 valence electrons. The van der Waals surface area contributed by atoms with Gasteiger partial charge in [-0.05, 0) is 50.3 Å². The molecule has 1 aliphatic heterocycles. The molecule has 0 spiro atoms. The fourth-order valence-corrected chi connectivity index (χ4v) is 2.86. The number of hydrogen-bond donors (Lipinski definition) is 1. The van der Waals surface area contributed by atoms with Crippen molar-refractivity contribution in [2.24, 2.45) is 5.92 Å². The highest BCUT2D eigenvalue weighted by atomic mass is 16.3. The van der Waals surface area contributed by atoms with Crippen LogP contribution in [-0.4, -0.2) is 23.8 Å². The van der Waals surface area contributed by atoms with Gasteiger partial charge in [-0.25, -0.2) is 0 Å². The summed E-state index contributed by atoms with van der Waals surface area (Å²) in [5.74, 6) is 0.950. The monoisotopic (exact) mass is 261 g/mol. The van der Waals surface area contributed by atoms with E-state index in [9.17, 15) is 5.11 Å². The molecule has 0 radical (unpaired) electrons. The van der Waals surface area contributed by atoms with Gasteiger partial charge in [-0.1, -0.05) is 26.0 Å². The highest BCUT2D eigenvalue weighted by Crippen LogP contribution is 2.30. The first-order chi connectivity index (χ1) is 8.88. The zero-order chi connectivity index (χ0) is 14.0. The molecule has 1 heterocycles. The van der Waals surface area contributed by atoms with E-state index in [1.165, 1.54) is 17.7 Å². The Balaban J connectivity index is 2.09. The van der Waals surface area contributed by atoms with Crippen molar-refractivity contribution in [3.8, 4) is 0 Å². The molecule has 1 aliphatic rings. The van der Waals surface area contributed by atoms with Gasteiger partial charge in [0, 0.05) is 24.7 Å². The third-order valence-electron chi connectivity index (χ3n) is 4.35. The van der Waals surface area contributed by atoms with Crippen LogP contribution >= 0.6 is 0 Å². The van der Waals surface area contributed by atoms with Crippen LogP contribution in [0.15, 0.2) is 24.3 Å². The Hall–Kier alpha value is -1.02. The summed E-state index contributed by atoms with van der Waals surface area (Å²) in [4.78, 5) is 2.41. The van der Waals surface area contributed by atoms with E-state index in [2.05, 4.69) is 43.0 Å². The Bertz CT molecular complexity index is 402. The van der Waals surface area contributed by atoms with Gasteiger partial charge in [0.1, 0.15) is 0 Å². The van der Waals surface area contributed by atoms with Gasteiger partial charge >= 0.3 is 0 Å². The van der Waals surface area contributed by atoms with Gasteiger partial charge in [0.2, 0.25) is 0 Å². The Kier molecular flexibility index (Phi) is 4.19. The van der Waals surface area contributed by atoms with E-state index < -0.39 is 5.60 Å². The summed E-state index contributed by atoms with van der Waals surface area (Å²) in [5.41, 5.74) is 2.11. The third-order valence-corrected chi connectivity index (χ3v) is 4.35. The molecule has 1 saturated heterocycles. The smallest absolute Gasteiger partial charge is 0.0636 e. The SMILES string of the molecule is CC(C)c1ccc(N2CCC[C@@H](C(C)(C)O)C2)cc1. The topological polar surface area (TPSA) is 23.5 Å². The van der Waals surface area contributed by atoms with Gasteiger partial charge in [-0.2, -0.15) is 0 Å². The molecular weight excluding hydrogens is 234 g/mol. The number of anilines is 1. The third kappa shape index (κ3) is 3.50. The summed E-state index contributed by atoms with van der Waals surface area (Å²) in [6.07, 6.45) is 2.30. The lowest BCUT2D eigenvalue weighted by molar-refractivity contribution is 0.0110. The highest BCUT2D eigenvalue weighted by Gasteiger charge is 2.31. The molecule has 2 rings (SSSR count). The second-order valence-corrected chi connectivity index (χ2v) is 6.69. The first-order valence-electron chi connectivity index (χ1n) is 7.45. The van der Waals surface area contributed by atoms with Crippen LogP contribution in [0.3, 0.4) is 0 Å². The predicted molar refractivity (Wildman–Crippen MR) is 81.8 cm³/mol. The second-order valence-electron chi connectivity index (χ2n) is 6.69. The Labute approximate surface area is 117 Å². The average molecular weight is 261 g/mol. The molecule has 1 aromatic carbocycles. The molecule has 0 unspecified atom stereocenters. The van der Waals surface area contributed by atoms with Crippen molar-refractivity contribution in [2.75, 3.05) is 18.0 Å². The van der Waals surface area contributed by atoms with Crippen LogP contribution in [0.25, 0.3) is 0 Å². The molecule has 0 aromatic heterocycles. The Morgan fingerprint density at radius 3 is 2.37 bits per heavy atom. The molecule has 0 aliphatic carbocycles. The van der Waals surface area contributed by atoms with E-state index in [0.717, 1.165) is 19.5 Å². The normalized spacial score (nSPS) is 20.9. The molecule has 0 amide bonds. The molecule has 1 N–H and O–H groups in total. The summed E-state index contributed by atoms with van der Waals surface area (Å²) < 4.78 is 0. The van der Waals surface area contributed by atoms with Crippen LogP contribution < -0.4 is 4.90 Å². The summed E-state index contributed by atoms with van der Waals surface area (Å²) >= 11 is 0. The van der Waals surface area contributed by atoms with E-state index in [-0.39, 0.29) is 0 Å². The summed E-state index contributed by atoms with van der Waals surface area (Å²) in [6.45, 7) is 10.4. The van der Waals surface area contributed by atoms with Crippen LogP contribution in [-0.2, 0) is 0 Å². The Morgan fingerprint density at radius 2 is 1.84 bits per heavy atom. The molecule has 1 atom stereocenters. The Morgan fingerprint density at radius 1 is 1.21 bits per heavy atom. The van der Waals surface area contributed by atoms with Crippen LogP contribution in [0.1, 0.15) is 52.0 Å². The molecule has 0 saturated carbocycles. The highest BCUT2D eigenvalue weighted by molar-refractivity contribution is 5.48. The quantitative estimate of drug-likeness (QED) is 0.894. The number of piperidine rings is 1. The van der Waals surface area contributed by atoms with Crippen molar-refractivity contribution in [2.45, 2.75) is 52.1 Å². The number of rotatable bonds is 3. The molecule has 2 heteroatoms. The van der Waals surface area contributed by atoms with Gasteiger partial charge in [0.25, 0.3) is 0 Å². The van der Waals surface area contributed by atoms with E-state index in [1.807, 2.05) is 13.8 Å². The van der Waals surface area contributed by atoms with Crippen molar-refractivity contribution in [3.63, 3.8) is 0 Å². The predicted octanol–water partition coefficient (Wildman–Crippen LogP) is 3.80. The van der Waals surface area contributed by atoms with E-state index in [1.54, 1.807) is 0 Å². The molecule has 1 fully saturated rings. The molecule has 2 nitrogen and oxygen atoms in total. The number of hydrogen-bond acceptors (Lipinski definition) is 2. The van der Waals surface area contributed by atoms with E-state index in [4.69, 9.17) is 0 Å². The lowest BCUT2D eigenvalue weighted by Crippen LogP contribution is -2.44. The van der Waals surface area contributed by atoms with Crippen LogP contribution in [0.4, 0.5) is 5.69 Å². The van der Waals surface area contributed by atoms with Gasteiger partial charge in [0.15, 0.2) is 0 Å². The molecule has 19 heavy (non-hydrogen) atoms. The number of aliphatic hydroxyl groups is 1. The summed E-state index contributed by atoms with van der Waals surface area (Å²) in [6, 6.07) is 8.91. The largest absolute Gasteiger partial charge is 0.390 e. The molecule has 1 aromatic rings. The van der Waals surface area contributed by atoms with Crippen LogP contribution in [0, 0.1) is 5.92 Å². The van der Waals surface area contributed by atoms with Gasteiger partial charge in [0.05, 0.1) is 5.60 Å². The first-order valence-corrected chi connectivity index (χ1v) is 7.45. The van der Waals surface area contributed by atoms with Crippen LogP contribution in [0.5, 0.6) is 0 Å². The van der Waals surface area contributed by atoms with Gasteiger partial charge in [-0.3, -0.25) is 0 Å². The van der Waals surface area contributed by atoms with Crippen molar-refractivity contribution in [1.29, 1.82) is 0 Å². The summed E-state index contributed by atoms with van der Waals surface area (Å²) in [7, 11) is 0. The zero-order valence-corrected chi connectivity index (χ0v) is 12.7. The van der Waals surface area contributed by atoms with E-state index >= 15 is 0 Å². The standard InChI is InChI=1S/C17H27NO/c1-13(2)14-7-9-16(10-8-14)18-11-5-6-15(12-18)17(3,4)19/h7-10,13,15,19H,5-6,11-12H2,1-4H3/t15-/m1/s1. The maximum Gasteiger partial charge on any atom is 0.0636 e. The van der Waals surface area contributed by atoms with Crippen molar-refractivity contribution in [3.05, 3.63) is 29.8 Å². The van der Waals surface area contributed by atoms with Crippen LogP contribution in [0.2, 0.25) is 0 Å². The molecule has 0 bridgehead atoms. The maximum atomic E-state index is 10.2. The lowest BCUT2D eigenvalue weighted by Gasteiger charge is -2.40. The first kappa shape index (κ1) is 14.4. The minimum absolute atomic E-state index is 0.367. The maximum absolute atomic E-state index is 10.2. The zero-order valence-electron chi connectivity index (χ0n) is 12.7. The minimum atomic E-state index is -0.573. The minimum Gasteiger partial charge on any atom is -0.390 e. The van der Waals surface area contributed by atoms with Crippen molar-refractivity contribution < 1.29 is 5.11 Å². The summed E-state index contributed by atoms with van der Waals surface area (Å²) in [5, 5.41) is 10.2. The number of nitrogens with zero attached hydrogens (tertiary/aromatic N) is 1. The van der Waals surface area contributed by atoms with Gasteiger partial charge in [-0.15, -0.1) is 0 Å². The van der Waals surface area contributed by atoms with Gasteiger partial charge < -0.3 is 10.0 Å². The second kappa shape index (κ2) is 5.54. The fourth-order valence-electron chi connectivity index (χ4n) is 2.86. The van der Waals surface area contributed by atoms with Crippen molar-refractivity contribution >= 4 is 5.69 Å². The van der Waals surface area contributed by atoms with Crippen molar-refractivity contribution in [1.82, 2.24) is 0 Å². The molecular formula is C17H27NO. The number of benzene rings is 1. The van der Waals surface area contributed by atoms with E-state index in [0.29, 0.717) is 11.8 Å².